The maximum absolute atomic E-state index is 7.13. The summed E-state index contributed by atoms with van der Waals surface area (Å²) in [7, 11) is 0. The summed E-state index contributed by atoms with van der Waals surface area (Å²) in [5.74, 6) is 0. The Bertz CT molecular complexity index is 29.5. The molecule has 0 aliphatic carbocycles. The van der Waals surface area contributed by atoms with Crippen molar-refractivity contribution in [1.29, 1.82) is 5.26 Å². The van der Waals surface area contributed by atoms with E-state index in [9.17, 15) is 0 Å². The molecule has 0 aromatic heterocycles. The number of hydrogen-bond donors (Lipinski definition) is 0. The van der Waals surface area contributed by atoms with E-state index in [0.717, 1.165) is 0 Å². The minimum atomic E-state index is 0. The van der Waals surface area contributed by atoms with E-state index in [2.05, 4.69) is 12.6 Å². The molecule has 0 aliphatic rings. The van der Waals surface area contributed by atoms with E-state index in [-0.39, 0.29) is 19.5 Å². The van der Waals surface area contributed by atoms with Gasteiger partial charge in [-0.15, -0.1) is 0 Å². The van der Waals surface area contributed by atoms with Crippen LogP contribution in [0.3, 0.4) is 0 Å². The van der Waals surface area contributed by atoms with Gasteiger partial charge in [0.2, 0.25) is 0 Å². The first-order chi connectivity index (χ1) is 1.41. The molecule has 1 nitrogen and oxygen atoms in total. The average Bonchev–Trinajstić information content (AvgIpc) is 0.918. The molecule has 0 fully saturated rings. The van der Waals surface area contributed by atoms with Crippen LogP contribution >= 0.6 is 0 Å². The van der Waals surface area contributed by atoms with Crippen LogP contribution in [0.25, 0.3) is 0 Å². The second-order valence-corrected chi connectivity index (χ2v) is 0.274. The van der Waals surface area contributed by atoms with E-state index >= 15 is 0 Å². The van der Waals surface area contributed by atoms with E-state index in [1.165, 1.54) is 5.40 Å². The molecule has 0 rings (SSSR count). The molecule has 0 spiro atoms. The second kappa shape index (κ2) is 10.2. The summed E-state index contributed by atoms with van der Waals surface area (Å²) >= 11 is 3.70. The Morgan fingerprint density at radius 3 is 1.75 bits per heavy atom. The van der Waals surface area contributed by atoms with Crippen LogP contribution in [0.1, 0.15) is 0 Å². The van der Waals surface area contributed by atoms with Crippen molar-refractivity contribution in [1.82, 2.24) is 0 Å². The molecule has 0 saturated carbocycles. The van der Waals surface area contributed by atoms with Crippen LogP contribution in [0.2, 0.25) is 0 Å². The van der Waals surface area contributed by atoms with E-state index in [1.54, 1.807) is 0 Å². The SMILES string of the molecule is N#C[S-].[Zn]. The van der Waals surface area contributed by atoms with Gasteiger partial charge < -0.3 is 12.6 Å². The molecule has 0 heterocycles. The smallest absolute Gasteiger partial charge is 0 e. The number of thiocyanates is 1. The molecule has 0 atom stereocenters. The van der Waals surface area contributed by atoms with E-state index < -0.39 is 0 Å². The predicted molar refractivity (Wildman–Crippen MR) is 13.0 cm³/mol. The first-order valence-electron chi connectivity index (χ1n) is 0.428. The van der Waals surface area contributed by atoms with Crippen molar-refractivity contribution in [2.75, 3.05) is 0 Å². The van der Waals surface area contributed by atoms with Crippen molar-refractivity contribution in [2.45, 2.75) is 0 Å². The molecular weight excluding hydrogens is 123 g/mol. The first kappa shape index (κ1) is 8.84. The molecule has 0 aromatic rings. The van der Waals surface area contributed by atoms with Gasteiger partial charge >= 0.3 is 0 Å². The Morgan fingerprint density at radius 1 is 1.75 bits per heavy atom. The van der Waals surface area contributed by atoms with Gasteiger partial charge in [0.1, 0.15) is 0 Å². The zero-order chi connectivity index (χ0) is 2.71. The van der Waals surface area contributed by atoms with E-state index in [1.807, 2.05) is 0 Å². The summed E-state index contributed by atoms with van der Waals surface area (Å²) in [6.45, 7) is 0. The fraction of sp³-hybridized carbons (Fsp3) is 0. The Hall–Kier alpha value is 0.333. The fourth-order valence-electron chi connectivity index (χ4n) is 0. The minimum absolute atomic E-state index is 0. The van der Waals surface area contributed by atoms with Crippen molar-refractivity contribution in [3.05, 3.63) is 0 Å². The zero-order valence-corrected chi connectivity index (χ0v) is 5.85. The molecule has 0 bridgehead atoms. The van der Waals surface area contributed by atoms with Gasteiger partial charge in [0.25, 0.3) is 0 Å². The van der Waals surface area contributed by atoms with Crippen LogP contribution in [0.15, 0.2) is 0 Å². The molecule has 0 amide bonds. The van der Waals surface area contributed by atoms with Crippen molar-refractivity contribution in [3.8, 4) is 5.40 Å². The first-order valence-corrected chi connectivity index (χ1v) is 0.836. The maximum atomic E-state index is 7.13. The molecule has 0 N–H and O–H groups in total. The quantitative estimate of drug-likeness (QED) is 0.257. The molecule has 0 unspecified atom stereocenters. The summed E-state index contributed by atoms with van der Waals surface area (Å²) in [4.78, 5) is 0. The minimum Gasteiger partial charge on any atom is -0.696 e. The Morgan fingerprint density at radius 2 is 1.75 bits per heavy atom. The molecule has 0 aromatic carbocycles. The number of hydrogen-bond acceptors (Lipinski definition) is 2. The van der Waals surface area contributed by atoms with Crippen LogP contribution in [0, 0.1) is 10.7 Å². The van der Waals surface area contributed by atoms with Crippen LogP contribution < -0.4 is 0 Å². The third-order valence-electron chi connectivity index (χ3n) is 0. The molecular formula is CNSZn-. The van der Waals surface area contributed by atoms with Gasteiger partial charge in [0.05, 0.1) is 0 Å². The maximum Gasteiger partial charge on any atom is 0 e. The van der Waals surface area contributed by atoms with Gasteiger partial charge in [0, 0.05) is 19.5 Å². The zero-order valence-electron chi connectivity index (χ0n) is 2.06. The number of nitrogens with zero attached hydrogens (tertiary/aromatic N) is 1. The van der Waals surface area contributed by atoms with Gasteiger partial charge in [-0.05, 0) is 0 Å². The summed E-state index contributed by atoms with van der Waals surface area (Å²) < 4.78 is 0. The van der Waals surface area contributed by atoms with Gasteiger partial charge in [0.15, 0.2) is 0 Å². The summed E-state index contributed by atoms with van der Waals surface area (Å²) in [5, 5.41) is 8.47. The second-order valence-electron chi connectivity index (χ2n) is 0.0913. The third-order valence-corrected chi connectivity index (χ3v) is 0. The Kier molecular flexibility index (Phi) is 22.6. The fourth-order valence-corrected chi connectivity index (χ4v) is 0. The van der Waals surface area contributed by atoms with Crippen LogP contribution in [0.4, 0.5) is 0 Å². The van der Waals surface area contributed by atoms with Crippen LogP contribution in [-0.4, -0.2) is 0 Å². The third kappa shape index (κ3) is 37.3. The topological polar surface area (TPSA) is 23.8 Å². The number of nitriles is 1. The van der Waals surface area contributed by atoms with Crippen molar-refractivity contribution in [2.24, 2.45) is 0 Å². The number of rotatable bonds is 0. The Balaban J connectivity index is 0. The molecule has 18 valence electrons. The van der Waals surface area contributed by atoms with Gasteiger partial charge in [-0.3, -0.25) is 0 Å². The van der Waals surface area contributed by atoms with Gasteiger partial charge in [-0.25, -0.2) is 5.26 Å². The molecule has 0 radical (unpaired) electrons. The Labute approximate surface area is 43.2 Å². The normalized spacial score (nSPS) is 1.75. The molecule has 0 saturated heterocycles. The van der Waals surface area contributed by atoms with Crippen LogP contribution in [-0.2, 0) is 32.1 Å². The monoisotopic (exact) mass is 122 g/mol. The summed E-state index contributed by atoms with van der Waals surface area (Å²) in [6, 6.07) is 0. The van der Waals surface area contributed by atoms with E-state index in [0.29, 0.717) is 0 Å². The standard InChI is InChI=1S/CHNS.Zn/c2-1-3;/h3H;/p-1. The van der Waals surface area contributed by atoms with Crippen LogP contribution in [0.5, 0.6) is 0 Å². The summed E-state index contributed by atoms with van der Waals surface area (Å²) in [5.41, 5.74) is 0. The largest absolute Gasteiger partial charge is 0.696 e. The molecule has 0 aliphatic heterocycles. The molecule has 3 heteroatoms. The summed E-state index contributed by atoms with van der Waals surface area (Å²) in [6.07, 6.45) is 0. The predicted octanol–water partition coefficient (Wildman–Crippen LogP) is 0.0119. The van der Waals surface area contributed by atoms with Crippen molar-refractivity contribution < 1.29 is 19.5 Å². The van der Waals surface area contributed by atoms with Gasteiger partial charge in [-0.1, -0.05) is 5.40 Å². The average molecular weight is 123 g/mol. The van der Waals surface area contributed by atoms with E-state index in [4.69, 9.17) is 5.26 Å². The van der Waals surface area contributed by atoms with Crippen molar-refractivity contribution >= 4 is 12.6 Å². The van der Waals surface area contributed by atoms with Gasteiger partial charge in [-0.2, -0.15) is 0 Å². The van der Waals surface area contributed by atoms with Crippen molar-refractivity contribution in [3.63, 3.8) is 0 Å². The molecule has 4 heavy (non-hydrogen) atoms.